The smallest absolute Gasteiger partial charge is 0.339 e. The molecule has 0 aromatic heterocycles. The quantitative estimate of drug-likeness (QED) is 0.858. The number of carboxylic acid groups (broad SMARTS) is 1. The maximum absolute atomic E-state index is 11.3. The maximum Gasteiger partial charge on any atom is 0.339 e. The summed E-state index contributed by atoms with van der Waals surface area (Å²) >= 11 is 7.84. The fourth-order valence-corrected chi connectivity index (χ4v) is 3.79. The molecule has 104 valence electrons. The summed E-state index contributed by atoms with van der Waals surface area (Å²) in [6.45, 7) is 0.786. The van der Waals surface area contributed by atoms with E-state index in [-0.39, 0.29) is 15.3 Å². The summed E-state index contributed by atoms with van der Waals surface area (Å²) in [5, 5.41) is 12.8. The van der Waals surface area contributed by atoms with Gasteiger partial charge in [-0.05, 0) is 31.2 Å². The van der Waals surface area contributed by atoms with Gasteiger partial charge in [0.15, 0.2) is 0 Å². The lowest BCUT2D eigenvalue weighted by molar-refractivity contribution is 0.0698. The SMILES string of the molecule is CSC1(CNc2cccc(Cl)c2C(=O)O)CCCC1. The highest BCUT2D eigenvalue weighted by Gasteiger charge is 2.33. The van der Waals surface area contributed by atoms with Crippen molar-refractivity contribution in [2.24, 2.45) is 0 Å². The van der Waals surface area contributed by atoms with E-state index in [9.17, 15) is 9.90 Å². The van der Waals surface area contributed by atoms with Gasteiger partial charge in [-0.3, -0.25) is 0 Å². The zero-order valence-electron chi connectivity index (χ0n) is 10.9. The van der Waals surface area contributed by atoms with Gasteiger partial charge in [-0.2, -0.15) is 11.8 Å². The van der Waals surface area contributed by atoms with Crippen LogP contribution in [0.2, 0.25) is 5.02 Å². The first-order chi connectivity index (χ1) is 9.08. The number of nitrogens with one attached hydrogen (secondary N) is 1. The third-order valence-electron chi connectivity index (χ3n) is 3.78. The molecule has 1 aliphatic rings. The van der Waals surface area contributed by atoms with Crippen LogP contribution in [0.4, 0.5) is 5.69 Å². The molecule has 3 nitrogen and oxygen atoms in total. The van der Waals surface area contributed by atoms with Crippen molar-refractivity contribution in [3.63, 3.8) is 0 Å². The molecule has 0 amide bonds. The molecule has 0 radical (unpaired) electrons. The minimum absolute atomic E-state index is 0.165. The Morgan fingerprint density at radius 3 is 2.74 bits per heavy atom. The largest absolute Gasteiger partial charge is 0.478 e. The number of hydrogen-bond donors (Lipinski definition) is 2. The standard InChI is InChI=1S/C14H18ClNO2S/c1-19-14(7-2-3-8-14)9-16-11-6-4-5-10(15)12(11)13(17)18/h4-6,16H,2-3,7-9H2,1H3,(H,17,18). The van der Waals surface area contributed by atoms with E-state index in [0.717, 1.165) is 6.54 Å². The van der Waals surface area contributed by atoms with Crippen LogP contribution in [-0.2, 0) is 0 Å². The molecule has 19 heavy (non-hydrogen) atoms. The lowest BCUT2D eigenvalue weighted by atomic mass is 10.1. The second-order valence-corrected chi connectivity index (χ2v) is 6.60. The Kier molecular flexibility index (Phi) is 4.63. The Morgan fingerprint density at radius 2 is 2.16 bits per heavy atom. The van der Waals surface area contributed by atoms with Crippen LogP contribution in [0.5, 0.6) is 0 Å². The van der Waals surface area contributed by atoms with Gasteiger partial charge in [0, 0.05) is 11.3 Å². The molecule has 0 atom stereocenters. The van der Waals surface area contributed by atoms with Gasteiger partial charge >= 0.3 is 5.97 Å². The molecule has 2 rings (SSSR count). The van der Waals surface area contributed by atoms with E-state index >= 15 is 0 Å². The maximum atomic E-state index is 11.3. The lowest BCUT2D eigenvalue weighted by Crippen LogP contribution is -2.30. The predicted octanol–water partition coefficient (Wildman–Crippen LogP) is 4.13. The van der Waals surface area contributed by atoms with E-state index in [4.69, 9.17) is 11.6 Å². The molecule has 0 spiro atoms. The first kappa shape index (κ1) is 14.5. The first-order valence-corrected chi connectivity index (χ1v) is 7.99. The number of carboxylic acids is 1. The Bertz CT molecular complexity index is 473. The third-order valence-corrected chi connectivity index (χ3v) is 5.51. The predicted molar refractivity (Wildman–Crippen MR) is 81.6 cm³/mol. The van der Waals surface area contributed by atoms with Crippen molar-refractivity contribution < 1.29 is 9.90 Å². The van der Waals surface area contributed by atoms with Crippen molar-refractivity contribution in [3.8, 4) is 0 Å². The Morgan fingerprint density at radius 1 is 1.47 bits per heavy atom. The average molecular weight is 300 g/mol. The monoisotopic (exact) mass is 299 g/mol. The Balaban J connectivity index is 2.15. The van der Waals surface area contributed by atoms with E-state index < -0.39 is 5.97 Å². The third kappa shape index (κ3) is 3.18. The number of benzene rings is 1. The molecule has 0 aliphatic heterocycles. The van der Waals surface area contributed by atoms with E-state index in [2.05, 4.69) is 11.6 Å². The lowest BCUT2D eigenvalue weighted by Gasteiger charge is -2.28. The Labute approximate surface area is 122 Å². The highest BCUT2D eigenvalue weighted by molar-refractivity contribution is 8.00. The second kappa shape index (κ2) is 6.06. The highest BCUT2D eigenvalue weighted by atomic mass is 35.5. The van der Waals surface area contributed by atoms with Gasteiger partial charge in [-0.1, -0.05) is 30.5 Å². The van der Waals surface area contributed by atoms with Crippen LogP contribution in [0.25, 0.3) is 0 Å². The molecular weight excluding hydrogens is 282 g/mol. The average Bonchev–Trinajstić information content (AvgIpc) is 2.85. The summed E-state index contributed by atoms with van der Waals surface area (Å²) in [5.74, 6) is -0.988. The van der Waals surface area contributed by atoms with Gasteiger partial charge in [-0.15, -0.1) is 0 Å². The summed E-state index contributed by atoms with van der Waals surface area (Å²) in [6, 6.07) is 5.16. The molecular formula is C14H18ClNO2S. The van der Waals surface area contributed by atoms with Gasteiger partial charge in [0.1, 0.15) is 5.56 Å². The molecule has 1 fully saturated rings. The van der Waals surface area contributed by atoms with E-state index in [1.807, 2.05) is 11.8 Å². The van der Waals surface area contributed by atoms with Gasteiger partial charge in [-0.25, -0.2) is 4.79 Å². The topological polar surface area (TPSA) is 49.3 Å². The van der Waals surface area contributed by atoms with Crippen molar-refractivity contribution in [1.29, 1.82) is 0 Å². The molecule has 0 heterocycles. The van der Waals surface area contributed by atoms with Gasteiger partial charge in [0.2, 0.25) is 0 Å². The zero-order valence-corrected chi connectivity index (χ0v) is 12.5. The van der Waals surface area contributed by atoms with Crippen LogP contribution < -0.4 is 5.32 Å². The van der Waals surface area contributed by atoms with Crippen molar-refractivity contribution in [2.75, 3.05) is 18.1 Å². The number of halogens is 1. The van der Waals surface area contributed by atoms with Crippen LogP contribution in [0, 0.1) is 0 Å². The van der Waals surface area contributed by atoms with Crippen LogP contribution >= 0.6 is 23.4 Å². The highest BCUT2D eigenvalue weighted by Crippen LogP contribution is 2.40. The summed E-state index contributed by atoms with van der Waals surface area (Å²) in [6.07, 6.45) is 7.01. The number of thioether (sulfide) groups is 1. The van der Waals surface area contributed by atoms with Gasteiger partial charge in [0.25, 0.3) is 0 Å². The molecule has 1 aromatic carbocycles. The first-order valence-electron chi connectivity index (χ1n) is 6.39. The normalized spacial score (nSPS) is 17.4. The minimum Gasteiger partial charge on any atom is -0.478 e. The van der Waals surface area contributed by atoms with Crippen molar-refractivity contribution in [2.45, 2.75) is 30.4 Å². The zero-order chi connectivity index (χ0) is 13.9. The molecule has 0 unspecified atom stereocenters. The fraction of sp³-hybridized carbons (Fsp3) is 0.500. The number of hydrogen-bond acceptors (Lipinski definition) is 3. The van der Waals surface area contributed by atoms with E-state index in [1.165, 1.54) is 25.7 Å². The molecule has 1 aromatic rings. The molecule has 0 bridgehead atoms. The summed E-state index contributed by atoms with van der Waals surface area (Å²) in [7, 11) is 0. The van der Waals surface area contributed by atoms with Crippen LogP contribution in [0.15, 0.2) is 18.2 Å². The molecule has 1 aliphatic carbocycles. The molecule has 0 saturated heterocycles. The number of rotatable bonds is 5. The number of aromatic carboxylic acids is 1. The van der Waals surface area contributed by atoms with Crippen molar-refractivity contribution in [1.82, 2.24) is 0 Å². The Hall–Kier alpha value is -0.870. The molecule has 1 saturated carbocycles. The van der Waals surface area contributed by atoms with E-state index in [0.29, 0.717) is 5.69 Å². The summed E-state index contributed by atoms with van der Waals surface area (Å²) in [4.78, 5) is 11.3. The molecule has 2 N–H and O–H groups in total. The van der Waals surface area contributed by atoms with Crippen molar-refractivity contribution in [3.05, 3.63) is 28.8 Å². The van der Waals surface area contributed by atoms with Crippen LogP contribution in [0.3, 0.4) is 0 Å². The van der Waals surface area contributed by atoms with Gasteiger partial charge < -0.3 is 10.4 Å². The van der Waals surface area contributed by atoms with Crippen LogP contribution in [0.1, 0.15) is 36.0 Å². The summed E-state index contributed by atoms with van der Waals surface area (Å²) in [5.41, 5.74) is 0.777. The van der Waals surface area contributed by atoms with Gasteiger partial charge in [0.05, 0.1) is 10.7 Å². The number of anilines is 1. The van der Waals surface area contributed by atoms with E-state index in [1.54, 1.807) is 18.2 Å². The summed E-state index contributed by atoms with van der Waals surface area (Å²) < 4.78 is 0.234. The van der Waals surface area contributed by atoms with Crippen molar-refractivity contribution >= 4 is 35.0 Å². The number of carbonyl (C=O) groups is 1. The fourth-order valence-electron chi connectivity index (χ4n) is 2.62. The second-order valence-electron chi connectivity index (χ2n) is 4.92. The van der Waals surface area contributed by atoms with Crippen LogP contribution in [-0.4, -0.2) is 28.6 Å². The molecule has 5 heteroatoms. The minimum atomic E-state index is -0.988.